The van der Waals surface area contributed by atoms with Gasteiger partial charge in [0.2, 0.25) is 23.5 Å². The van der Waals surface area contributed by atoms with E-state index in [2.05, 4.69) is 41.9 Å². The summed E-state index contributed by atoms with van der Waals surface area (Å²) in [5.74, 6) is -0.250. The number of aromatic amines is 1. The van der Waals surface area contributed by atoms with Crippen LogP contribution in [0.1, 0.15) is 49.7 Å². The molecular weight excluding hydrogens is 664 g/mol. The molecule has 272 valence electrons. The predicted octanol–water partition coefficient (Wildman–Crippen LogP) is 4.95. The summed E-state index contributed by atoms with van der Waals surface area (Å²) in [6, 6.07) is 20.0. The number of aryl methyl sites for hydroxylation is 1. The molecule has 2 fully saturated rings. The molecule has 52 heavy (non-hydrogen) atoms. The number of carbonyl (C=O) groups excluding carboxylic acids is 3. The van der Waals surface area contributed by atoms with Crippen molar-refractivity contribution in [1.82, 2.24) is 31.3 Å². The second-order valence-electron chi connectivity index (χ2n) is 13.6. The Hall–Kier alpha value is -5.63. The topological polar surface area (TPSA) is 200 Å². The zero-order chi connectivity index (χ0) is 36.5. The molecule has 0 radical (unpaired) electrons. The van der Waals surface area contributed by atoms with Crippen LogP contribution < -0.4 is 21.3 Å². The highest BCUT2D eigenvalue weighted by Crippen LogP contribution is 2.30. The summed E-state index contributed by atoms with van der Waals surface area (Å²) in [4.78, 5) is 51.1. The highest BCUT2D eigenvalue weighted by atomic mass is 16.5. The number of nitrogens with one attached hydrogen (secondary N) is 5. The summed E-state index contributed by atoms with van der Waals surface area (Å²) in [6.45, 7) is 3.53. The Balaban J connectivity index is 1.14. The predicted molar refractivity (Wildman–Crippen MR) is 194 cm³/mol. The van der Waals surface area contributed by atoms with Gasteiger partial charge in [0.25, 0.3) is 0 Å². The molecule has 0 spiro atoms. The number of H-pyrrole nitrogens is 1. The smallest absolute Gasteiger partial charge is 0.404 e. The molecule has 6 N–H and O–H groups in total. The van der Waals surface area contributed by atoms with Gasteiger partial charge in [-0.25, -0.2) is 4.79 Å². The van der Waals surface area contributed by atoms with Crippen LogP contribution in [0, 0.1) is 24.7 Å². The average Bonchev–Trinajstić information content (AvgIpc) is 3.71. The molecule has 14 heteroatoms. The molecule has 14 nitrogen and oxygen atoms in total. The molecule has 1 aliphatic carbocycles. The Labute approximate surface area is 301 Å². The summed E-state index contributed by atoms with van der Waals surface area (Å²) in [5, 5.41) is 34.4. The number of anilines is 2. The first-order chi connectivity index (χ1) is 25.2. The van der Waals surface area contributed by atoms with E-state index >= 15 is 0 Å². The van der Waals surface area contributed by atoms with Crippen LogP contribution in [0.5, 0.6) is 0 Å². The number of tetrazole rings is 1. The SMILES string of the molecule is Cc1ccc(-c2ccc(C[C@H](NC(=O)[C@H]3CC[C@H](CNC(=O)O)CC3)C(=O)Nc3ccc(-c4nn[nH]n4)cc3)cc2)cc1NC(=O)C1CCOCC1. The van der Waals surface area contributed by atoms with Crippen LogP contribution >= 0.6 is 0 Å². The van der Waals surface area contributed by atoms with Gasteiger partial charge in [-0.05, 0) is 109 Å². The maximum atomic E-state index is 13.7. The molecule has 6 rings (SSSR count). The van der Waals surface area contributed by atoms with Crippen LogP contribution in [0.25, 0.3) is 22.5 Å². The van der Waals surface area contributed by atoms with Gasteiger partial charge >= 0.3 is 6.09 Å². The Morgan fingerprint density at radius 1 is 0.827 bits per heavy atom. The maximum Gasteiger partial charge on any atom is 0.404 e. The van der Waals surface area contributed by atoms with Crippen molar-refractivity contribution < 1.29 is 29.0 Å². The lowest BCUT2D eigenvalue weighted by molar-refractivity contribution is -0.130. The number of carboxylic acid groups (broad SMARTS) is 1. The fourth-order valence-corrected chi connectivity index (χ4v) is 6.78. The zero-order valence-electron chi connectivity index (χ0n) is 29.1. The molecule has 0 unspecified atom stereocenters. The first-order valence-corrected chi connectivity index (χ1v) is 17.7. The molecule has 4 aromatic rings. The number of benzene rings is 3. The van der Waals surface area contributed by atoms with Gasteiger partial charge < -0.3 is 31.1 Å². The lowest BCUT2D eigenvalue weighted by atomic mass is 9.81. The minimum atomic E-state index is -1.05. The molecule has 3 aromatic carbocycles. The van der Waals surface area contributed by atoms with Gasteiger partial charge in [0.05, 0.1) is 0 Å². The lowest BCUT2D eigenvalue weighted by Crippen LogP contribution is -2.48. The Morgan fingerprint density at radius 2 is 1.50 bits per heavy atom. The zero-order valence-corrected chi connectivity index (χ0v) is 29.1. The van der Waals surface area contributed by atoms with Crippen molar-refractivity contribution in [2.24, 2.45) is 17.8 Å². The summed E-state index contributed by atoms with van der Waals surface area (Å²) < 4.78 is 5.41. The first kappa shape index (κ1) is 36.2. The molecule has 2 aliphatic rings. The quantitative estimate of drug-likeness (QED) is 0.118. The number of nitrogens with zero attached hydrogens (tertiary/aromatic N) is 3. The van der Waals surface area contributed by atoms with Crippen LogP contribution in [0.15, 0.2) is 66.7 Å². The molecule has 2 heterocycles. The molecular formula is C38H44N8O6. The third-order valence-electron chi connectivity index (χ3n) is 9.96. The van der Waals surface area contributed by atoms with E-state index in [1.807, 2.05) is 49.4 Å². The van der Waals surface area contributed by atoms with Crippen LogP contribution in [0.3, 0.4) is 0 Å². The van der Waals surface area contributed by atoms with Crippen molar-refractivity contribution in [2.45, 2.75) is 57.9 Å². The van der Waals surface area contributed by atoms with Gasteiger partial charge in [-0.3, -0.25) is 14.4 Å². The van der Waals surface area contributed by atoms with E-state index in [-0.39, 0.29) is 41.9 Å². The second kappa shape index (κ2) is 17.1. The third-order valence-corrected chi connectivity index (χ3v) is 9.96. The third kappa shape index (κ3) is 9.57. The lowest BCUT2D eigenvalue weighted by Gasteiger charge is -2.29. The molecule has 1 saturated carbocycles. The molecule has 4 amide bonds. The number of hydrogen-bond acceptors (Lipinski definition) is 8. The average molecular weight is 709 g/mol. The van der Waals surface area contributed by atoms with E-state index in [1.165, 1.54) is 0 Å². The molecule has 0 bridgehead atoms. The van der Waals surface area contributed by atoms with E-state index in [9.17, 15) is 19.2 Å². The van der Waals surface area contributed by atoms with E-state index < -0.39 is 12.1 Å². The number of amides is 4. The number of ether oxygens (including phenoxy) is 1. The van der Waals surface area contributed by atoms with Gasteiger partial charge in [0.1, 0.15) is 6.04 Å². The Morgan fingerprint density at radius 3 is 2.17 bits per heavy atom. The van der Waals surface area contributed by atoms with E-state index in [4.69, 9.17) is 9.84 Å². The first-order valence-electron chi connectivity index (χ1n) is 17.7. The van der Waals surface area contributed by atoms with Crippen molar-refractivity contribution in [3.8, 4) is 22.5 Å². The van der Waals surface area contributed by atoms with Gasteiger partial charge in [-0.15, -0.1) is 10.2 Å². The van der Waals surface area contributed by atoms with Crippen molar-refractivity contribution >= 4 is 35.2 Å². The highest BCUT2D eigenvalue weighted by molar-refractivity contribution is 5.98. The normalized spacial score (nSPS) is 18.2. The highest BCUT2D eigenvalue weighted by Gasteiger charge is 2.30. The standard InChI is InChI=1S/C38H44N8O6/c1-23-2-7-30(21-32(23)41-36(48)29-16-18-52-19-17-29)26-8-3-24(4-9-26)20-33(42-35(47)28-10-5-25(6-11-28)22-39-38(50)51)37(49)40-31-14-12-27(13-15-31)34-43-45-46-44-34/h2-4,7-9,12-15,21,25,28-29,33,39H,5-6,10-11,16-20,22H2,1H3,(H,40,49)(H,41,48)(H,42,47)(H,50,51)(H,43,44,45,46)/t25-,28-,33-/m0/s1. The van der Waals surface area contributed by atoms with Crippen molar-refractivity contribution in [3.63, 3.8) is 0 Å². The monoisotopic (exact) mass is 708 g/mol. The summed E-state index contributed by atoms with van der Waals surface area (Å²) >= 11 is 0. The largest absolute Gasteiger partial charge is 0.465 e. The number of aromatic nitrogens is 4. The summed E-state index contributed by atoms with van der Waals surface area (Å²) in [6.07, 6.45) is 3.33. The summed E-state index contributed by atoms with van der Waals surface area (Å²) in [5.41, 5.74) is 5.78. The van der Waals surface area contributed by atoms with E-state index in [0.717, 1.165) is 46.3 Å². The molecule has 1 atom stereocenters. The van der Waals surface area contributed by atoms with Gasteiger partial charge in [0.15, 0.2) is 0 Å². The summed E-state index contributed by atoms with van der Waals surface area (Å²) in [7, 11) is 0. The molecule has 1 aliphatic heterocycles. The fraction of sp³-hybridized carbons (Fsp3) is 0.395. The number of hydrogen-bond donors (Lipinski definition) is 6. The Kier molecular flexibility index (Phi) is 11.9. The van der Waals surface area contributed by atoms with Crippen molar-refractivity contribution in [2.75, 3.05) is 30.4 Å². The molecule has 1 saturated heterocycles. The van der Waals surface area contributed by atoms with Crippen LogP contribution in [-0.4, -0.2) is 75.3 Å². The van der Waals surface area contributed by atoms with Gasteiger partial charge in [0, 0.05) is 55.0 Å². The number of carbonyl (C=O) groups is 4. The van der Waals surface area contributed by atoms with Crippen molar-refractivity contribution in [3.05, 3.63) is 77.9 Å². The maximum absolute atomic E-state index is 13.7. The molecule has 1 aromatic heterocycles. The minimum absolute atomic E-state index is 0.0106. The van der Waals surface area contributed by atoms with E-state index in [0.29, 0.717) is 57.0 Å². The van der Waals surface area contributed by atoms with Gasteiger partial charge in [-0.1, -0.05) is 36.4 Å². The van der Waals surface area contributed by atoms with Crippen LogP contribution in [0.4, 0.5) is 16.2 Å². The van der Waals surface area contributed by atoms with Crippen LogP contribution in [0.2, 0.25) is 0 Å². The minimum Gasteiger partial charge on any atom is -0.465 e. The van der Waals surface area contributed by atoms with Gasteiger partial charge in [-0.2, -0.15) is 5.21 Å². The van der Waals surface area contributed by atoms with Crippen LogP contribution in [-0.2, 0) is 25.5 Å². The second-order valence-corrected chi connectivity index (χ2v) is 13.6. The van der Waals surface area contributed by atoms with E-state index in [1.54, 1.807) is 24.3 Å². The number of rotatable bonds is 12. The van der Waals surface area contributed by atoms with Crippen molar-refractivity contribution in [1.29, 1.82) is 0 Å². The fourth-order valence-electron chi connectivity index (χ4n) is 6.78. The Bertz CT molecular complexity index is 1830.